The van der Waals surface area contributed by atoms with Crippen molar-refractivity contribution in [3.8, 4) is 0 Å². The van der Waals surface area contributed by atoms with E-state index in [1.165, 1.54) is 7.05 Å². The summed E-state index contributed by atoms with van der Waals surface area (Å²) in [5.74, 6) is -0.0646. The summed E-state index contributed by atoms with van der Waals surface area (Å²) in [5, 5.41) is 2.60. The van der Waals surface area contributed by atoms with E-state index in [1.807, 2.05) is 6.92 Å². The molecule has 1 amide bonds. The molecule has 0 rings (SSSR count). The molecule has 0 saturated heterocycles. The van der Waals surface area contributed by atoms with E-state index in [1.54, 1.807) is 0 Å². The van der Waals surface area contributed by atoms with Gasteiger partial charge in [0.1, 0.15) is 0 Å². The lowest BCUT2D eigenvalue weighted by atomic mass is 10.4. The molecule has 0 heterocycles. The number of hydrogen-bond donors (Lipinski definition) is 1. The van der Waals surface area contributed by atoms with Crippen molar-refractivity contribution in [3.05, 3.63) is 4.91 Å². The molecule has 0 spiro atoms. The van der Waals surface area contributed by atoms with E-state index in [0.717, 1.165) is 4.76 Å². The van der Waals surface area contributed by atoms with Gasteiger partial charge >= 0.3 is 0 Å². The quantitative estimate of drug-likeness (QED) is 0.562. The highest BCUT2D eigenvalue weighted by Crippen LogP contribution is 1.78. The zero-order valence-electron chi connectivity index (χ0n) is 6.39. The predicted molar refractivity (Wildman–Crippen MR) is 37.7 cm³/mol. The fourth-order valence-electron chi connectivity index (χ4n) is 0.545. The Hall–Kier alpha value is -0.930. The second-order valence-corrected chi connectivity index (χ2v) is 2.06. The first-order valence-corrected chi connectivity index (χ1v) is 3.31. The van der Waals surface area contributed by atoms with Crippen molar-refractivity contribution >= 4 is 5.91 Å². The van der Waals surface area contributed by atoms with E-state index in [2.05, 4.69) is 5.32 Å². The predicted octanol–water partition coefficient (Wildman–Crippen LogP) is -0.0787. The minimum Gasteiger partial charge on any atom is -0.356 e. The van der Waals surface area contributed by atoms with Crippen LogP contribution in [0.1, 0.15) is 13.3 Å². The Labute approximate surface area is 60.2 Å². The summed E-state index contributed by atoms with van der Waals surface area (Å²) in [6.07, 6.45) is 0.286. The topological polar surface area (TPSA) is 49.2 Å². The van der Waals surface area contributed by atoms with E-state index >= 15 is 0 Å². The standard InChI is InChI=1S/C6H12N2O2/c1-3-7-6(9)4-5-8(2)10/h3-5H2,1-2H3/p+1. The summed E-state index contributed by atoms with van der Waals surface area (Å²) in [6, 6.07) is 0. The molecule has 0 unspecified atom stereocenters. The largest absolute Gasteiger partial charge is 0.356 e. The average molecular weight is 145 g/mol. The molecule has 0 fully saturated rings. The van der Waals surface area contributed by atoms with Crippen LogP contribution < -0.4 is 5.32 Å². The maximum Gasteiger partial charge on any atom is 0.226 e. The molecule has 10 heavy (non-hydrogen) atoms. The Balaban J connectivity index is 3.30. The molecular formula is C6H13N2O2+. The maximum absolute atomic E-state index is 10.7. The van der Waals surface area contributed by atoms with Crippen molar-refractivity contribution in [1.82, 2.24) is 5.32 Å². The molecule has 0 aliphatic carbocycles. The summed E-state index contributed by atoms with van der Waals surface area (Å²) >= 11 is 0. The average Bonchev–Trinajstić information content (AvgIpc) is 1.85. The van der Waals surface area contributed by atoms with Gasteiger partial charge in [0.05, 0.1) is 6.42 Å². The minimum absolute atomic E-state index is 0.0646. The van der Waals surface area contributed by atoms with Crippen LogP contribution in [0, 0.1) is 4.91 Å². The number of nitroso groups, excluding NO2 is 1. The third kappa shape index (κ3) is 5.21. The molecule has 0 bridgehead atoms. The minimum atomic E-state index is -0.0646. The van der Waals surface area contributed by atoms with Crippen LogP contribution in [-0.4, -0.2) is 30.8 Å². The highest BCUT2D eigenvalue weighted by atomic mass is 16.3. The number of carbonyl (C=O) groups excluding carboxylic acids is 1. The summed E-state index contributed by atoms with van der Waals surface area (Å²) < 4.78 is 0.745. The Morgan fingerprint density at radius 2 is 2.20 bits per heavy atom. The van der Waals surface area contributed by atoms with Crippen LogP contribution in [0.2, 0.25) is 0 Å². The van der Waals surface area contributed by atoms with Crippen molar-refractivity contribution < 1.29 is 9.55 Å². The highest BCUT2D eigenvalue weighted by molar-refractivity contribution is 5.75. The van der Waals surface area contributed by atoms with Crippen molar-refractivity contribution in [1.29, 1.82) is 0 Å². The van der Waals surface area contributed by atoms with Crippen molar-refractivity contribution in [3.63, 3.8) is 0 Å². The van der Waals surface area contributed by atoms with Gasteiger partial charge in [-0.05, 0) is 11.7 Å². The molecule has 0 aliphatic heterocycles. The zero-order chi connectivity index (χ0) is 7.98. The lowest BCUT2D eigenvalue weighted by Crippen LogP contribution is -2.24. The summed E-state index contributed by atoms with van der Waals surface area (Å²) in [7, 11) is 1.40. The van der Waals surface area contributed by atoms with Gasteiger partial charge in [0.2, 0.25) is 5.91 Å². The molecule has 4 nitrogen and oxygen atoms in total. The van der Waals surface area contributed by atoms with E-state index < -0.39 is 0 Å². The lowest BCUT2D eigenvalue weighted by molar-refractivity contribution is -0.517. The Kier molecular flexibility index (Phi) is 4.45. The fraction of sp³-hybridized carbons (Fsp3) is 0.833. The van der Waals surface area contributed by atoms with Gasteiger partial charge in [-0.2, -0.15) is 0 Å². The molecule has 4 heteroatoms. The van der Waals surface area contributed by atoms with Crippen LogP contribution in [0.15, 0.2) is 0 Å². The molecule has 58 valence electrons. The monoisotopic (exact) mass is 145 g/mol. The van der Waals surface area contributed by atoms with Gasteiger partial charge in [-0.25, -0.2) is 0 Å². The Morgan fingerprint density at radius 3 is 2.60 bits per heavy atom. The second-order valence-electron chi connectivity index (χ2n) is 2.06. The highest BCUT2D eigenvalue weighted by Gasteiger charge is 2.04. The van der Waals surface area contributed by atoms with E-state index in [4.69, 9.17) is 0 Å². The number of nitrogens with one attached hydrogen (secondary N) is 1. The van der Waals surface area contributed by atoms with Gasteiger partial charge in [-0.3, -0.25) is 4.79 Å². The second kappa shape index (κ2) is 4.90. The molecule has 0 aliphatic rings. The first-order chi connectivity index (χ1) is 4.66. The number of hydrogen-bond acceptors (Lipinski definition) is 2. The van der Waals surface area contributed by atoms with Crippen molar-refractivity contribution in [2.75, 3.05) is 20.1 Å². The summed E-state index contributed by atoms with van der Waals surface area (Å²) in [4.78, 5) is 21.0. The normalized spacial score (nSPS) is 9.00. The SMILES string of the molecule is CCNC(=O)CC[N+](C)=O. The number of nitrogens with zero attached hydrogens (tertiary/aromatic N) is 1. The number of carbonyl (C=O) groups is 1. The zero-order valence-corrected chi connectivity index (χ0v) is 6.39. The van der Waals surface area contributed by atoms with Crippen LogP contribution >= 0.6 is 0 Å². The maximum atomic E-state index is 10.7. The molecule has 0 aromatic rings. The van der Waals surface area contributed by atoms with Gasteiger partial charge in [-0.15, -0.1) is 0 Å². The van der Waals surface area contributed by atoms with Crippen molar-refractivity contribution in [2.45, 2.75) is 13.3 Å². The van der Waals surface area contributed by atoms with E-state index in [0.29, 0.717) is 6.54 Å². The van der Waals surface area contributed by atoms with Gasteiger partial charge in [0.25, 0.3) is 0 Å². The van der Waals surface area contributed by atoms with Gasteiger partial charge < -0.3 is 5.32 Å². The van der Waals surface area contributed by atoms with Gasteiger partial charge in [0.15, 0.2) is 13.6 Å². The van der Waals surface area contributed by atoms with E-state index in [-0.39, 0.29) is 18.9 Å². The number of rotatable bonds is 4. The van der Waals surface area contributed by atoms with Crippen molar-refractivity contribution in [2.24, 2.45) is 0 Å². The smallest absolute Gasteiger partial charge is 0.226 e. The summed E-state index contributed by atoms with van der Waals surface area (Å²) in [6.45, 7) is 2.74. The van der Waals surface area contributed by atoms with Crippen LogP contribution in [0.3, 0.4) is 0 Å². The van der Waals surface area contributed by atoms with E-state index in [9.17, 15) is 9.70 Å². The third-order valence-electron chi connectivity index (χ3n) is 1.03. The third-order valence-corrected chi connectivity index (χ3v) is 1.03. The molecule has 0 saturated carbocycles. The van der Waals surface area contributed by atoms with Crippen LogP contribution in [0.5, 0.6) is 0 Å². The molecule has 1 N–H and O–H groups in total. The molecular weight excluding hydrogens is 132 g/mol. The first kappa shape index (κ1) is 9.07. The van der Waals surface area contributed by atoms with Crippen LogP contribution in [0.4, 0.5) is 0 Å². The molecule has 0 aromatic carbocycles. The fourth-order valence-corrected chi connectivity index (χ4v) is 0.545. The Morgan fingerprint density at radius 1 is 1.60 bits per heavy atom. The molecule has 0 aromatic heterocycles. The van der Waals surface area contributed by atoms with Crippen LogP contribution in [0.25, 0.3) is 0 Å². The molecule has 0 radical (unpaired) electrons. The van der Waals surface area contributed by atoms with Crippen LogP contribution in [-0.2, 0) is 4.79 Å². The van der Waals surface area contributed by atoms with Gasteiger partial charge in [-0.1, -0.05) is 0 Å². The van der Waals surface area contributed by atoms with Gasteiger partial charge in [0, 0.05) is 11.5 Å². The first-order valence-electron chi connectivity index (χ1n) is 3.31. The number of amides is 1. The summed E-state index contributed by atoms with van der Waals surface area (Å²) in [5.41, 5.74) is 0. The Bertz CT molecular complexity index is 134. The lowest BCUT2D eigenvalue weighted by Gasteiger charge is -1.95. The molecule has 0 atom stereocenters.